The van der Waals surface area contributed by atoms with Gasteiger partial charge >= 0.3 is 0 Å². The number of ether oxygens (including phenoxy) is 1. The van der Waals surface area contributed by atoms with Gasteiger partial charge in [-0.25, -0.2) is 0 Å². The minimum atomic E-state index is -0.0602. The van der Waals surface area contributed by atoms with Gasteiger partial charge in [0.15, 0.2) is 0 Å². The fourth-order valence-electron chi connectivity index (χ4n) is 10.0. The normalized spacial score (nSPS) is 13.9. The lowest BCUT2D eigenvalue weighted by Crippen LogP contribution is -2.32. The fourth-order valence-corrected chi connectivity index (χ4v) is 10.0. The average Bonchev–Trinajstić information content (AvgIpc) is 4.06. The predicted octanol–water partition coefficient (Wildman–Crippen LogP) is 14.6. The zero-order valence-corrected chi connectivity index (χ0v) is 34.7. The number of benzene rings is 9. The van der Waals surface area contributed by atoms with Crippen molar-refractivity contribution >= 4 is 61.6 Å². The Morgan fingerprint density at radius 1 is 0.422 bits per heavy atom. The Bertz CT molecular complexity index is 3700. The molecule has 1 atom stereocenters. The summed E-state index contributed by atoms with van der Waals surface area (Å²) in [7, 11) is 0. The Labute approximate surface area is 369 Å². The minimum absolute atomic E-state index is 0.0602. The van der Waals surface area contributed by atoms with E-state index in [1.165, 1.54) is 22.3 Å². The topological polar surface area (TPSA) is 38.8 Å². The van der Waals surface area contributed by atoms with E-state index >= 15 is 0 Å². The molecule has 0 spiro atoms. The summed E-state index contributed by atoms with van der Waals surface area (Å²) in [5.74, 6) is 0.917. The summed E-state index contributed by atoms with van der Waals surface area (Å²) in [5, 5.41) is 4.22. The summed E-state index contributed by atoms with van der Waals surface area (Å²) in [6.45, 7) is 0. The summed E-state index contributed by atoms with van der Waals surface area (Å²) in [5.41, 5.74) is 18.1. The van der Waals surface area contributed by atoms with Crippen molar-refractivity contribution in [3.05, 3.63) is 229 Å². The summed E-state index contributed by atoms with van der Waals surface area (Å²) < 4.78 is 20.1. The Kier molecular flexibility index (Phi) is 8.31. The molecule has 0 radical (unpaired) electrons. The van der Waals surface area contributed by atoms with E-state index < -0.39 is 0 Å². The molecule has 13 rings (SSSR count). The van der Waals surface area contributed by atoms with Crippen LogP contribution < -0.4 is 20.3 Å². The van der Waals surface area contributed by atoms with E-state index in [0.717, 1.165) is 106 Å². The maximum atomic E-state index is 6.85. The first-order valence-corrected chi connectivity index (χ1v) is 21.9. The molecule has 64 heavy (non-hydrogen) atoms. The van der Waals surface area contributed by atoms with Crippen molar-refractivity contribution in [1.82, 2.24) is 0 Å². The zero-order valence-electron chi connectivity index (χ0n) is 34.7. The molecule has 4 heteroatoms. The molecule has 2 aliphatic rings. The van der Waals surface area contributed by atoms with E-state index in [1.807, 2.05) is 12.1 Å². The molecule has 9 aromatic carbocycles. The van der Waals surface area contributed by atoms with Crippen molar-refractivity contribution in [3.63, 3.8) is 0 Å². The predicted molar refractivity (Wildman–Crippen MR) is 262 cm³/mol. The summed E-state index contributed by atoms with van der Waals surface area (Å²) >= 11 is 0. The molecule has 1 aliphatic heterocycles. The van der Waals surface area contributed by atoms with Crippen LogP contribution in [0, 0.1) is 0 Å². The van der Waals surface area contributed by atoms with Crippen LogP contribution in [0.1, 0.15) is 12.0 Å². The quantitative estimate of drug-likeness (QED) is 0.161. The maximum Gasteiger partial charge on any atom is 0.147 e. The van der Waals surface area contributed by atoms with Gasteiger partial charge in [-0.15, -0.1) is 0 Å². The standard InChI is InChI=1S/C60H39NO3/c1-3-13-38(14-4-1)39-23-25-40(26-24-39)41-27-31-44(32-28-41)61(50-20-10-7-17-46(50)42-15-5-2-6-16-42)45-33-29-43(30-34-45)49-37-55-59(60-56(49)47-18-8-12-22-52(47)64-60)58-54(63-55)36-35-53-57(58)48-19-9-11-21-51(48)62-53/h1-34,36-37,53H,35H2. The number of anilines is 3. The van der Waals surface area contributed by atoms with Gasteiger partial charge in [0.25, 0.3) is 0 Å². The molecule has 0 amide bonds. The van der Waals surface area contributed by atoms with Crippen LogP contribution >= 0.6 is 0 Å². The number of hydrogen-bond donors (Lipinski definition) is 0. The highest BCUT2D eigenvalue weighted by atomic mass is 16.5. The summed E-state index contributed by atoms with van der Waals surface area (Å²) in [6, 6.07) is 75.4. The highest BCUT2D eigenvalue weighted by Crippen LogP contribution is 2.45. The SMILES string of the molecule is C1=c2oc3cc(-c4ccc(N(c5ccc(-c6ccc(-c7ccccc7)cc6)cc5)c5ccccc5-c5ccccc5)cc4)c4c5ccccc5oc4c3c2=C2c3ccccc3OC2C1. The van der Waals surface area contributed by atoms with E-state index in [0.29, 0.717) is 0 Å². The van der Waals surface area contributed by atoms with Gasteiger partial charge in [-0.3, -0.25) is 0 Å². The molecule has 1 aliphatic carbocycles. The van der Waals surface area contributed by atoms with Crippen molar-refractivity contribution in [2.75, 3.05) is 4.90 Å². The van der Waals surface area contributed by atoms with Crippen LogP contribution in [0.4, 0.5) is 17.1 Å². The van der Waals surface area contributed by atoms with E-state index in [-0.39, 0.29) is 6.10 Å². The second-order valence-corrected chi connectivity index (χ2v) is 16.7. The molecule has 0 fully saturated rings. The Balaban J connectivity index is 0.951. The molecule has 2 aromatic heterocycles. The van der Waals surface area contributed by atoms with Crippen LogP contribution in [0.15, 0.2) is 221 Å². The smallest absolute Gasteiger partial charge is 0.147 e. The molecule has 302 valence electrons. The van der Waals surface area contributed by atoms with Crippen LogP contribution in [0.3, 0.4) is 0 Å². The van der Waals surface area contributed by atoms with Gasteiger partial charge in [0.2, 0.25) is 0 Å². The lowest BCUT2D eigenvalue weighted by Gasteiger charge is -2.28. The number of para-hydroxylation sites is 3. The highest BCUT2D eigenvalue weighted by molar-refractivity contribution is 6.21. The third kappa shape index (κ3) is 5.84. The Hall–Kier alpha value is -8.34. The molecule has 0 saturated carbocycles. The third-order valence-electron chi connectivity index (χ3n) is 13.0. The summed E-state index contributed by atoms with van der Waals surface area (Å²) in [6.07, 6.45) is 2.87. The molecule has 1 unspecified atom stereocenters. The number of fused-ring (bicyclic) bond motifs is 10. The lowest BCUT2D eigenvalue weighted by molar-refractivity contribution is 0.281. The van der Waals surface area contributed by atoms with Crippen molar-refractivity contribution in [1.29, 1.82) is 0 Å². The zero-order chi connectivity index (χ0) is 42.1. The third-order valence-corrected chi connectivity index (χ3v) is 13.0. The highest BCUT2D eigenvalue weighted by Gasteiger charge is 2.33. The van der Waals surface area contributed by atoms with E-state index in [9.17, 15) is 0 Å². The first-order chi connectivity index (χ1) is 31.7. The van der Waals surface area contributed by atoms with Gasteiger partial charge in [0, 0.05) is 50.5 Å². The van der Waals surface area contributed by atoms with Crippen molar-refractivity contribution < 1.29 is 13.6 Å². The number of nitrogens with zero attached hydrogens (tertiary/aromatic N) is 1. The lowest BCUT2D eigenvalue weighted by atomic mass is 9.92. The second-order valence-electron chi connectivity index (χ2n) is 16.7. The molecule has 11 aromatic rings. The molecule has 0 saturated heterocycles. The van der Waals surface area contributed by atoms with Gasteiger partial charge in [-0.2, -0.15) is 0 Å². The number of furan rings is 2. The van der Waals surface area contributed by atoms with Gasteiger partial charge in [-0.05, 0) is 93.6 Å². The van der Waals surface area contributed by atoms with E-state index in [1.54, 1.807) is 0 Å². The number of hydrogen-bond acceptors (Lipinski definition) is 4. The average molecular weight is 822 g/mol. The molecular weight excluding hydrogens is 783 g/mol. The fraction of sp³-hybridized carbons (Fsp3) is 0.0333. The molecule has 3 heterocycles. The first-order valence-electron chi connectivity index (χ1n) is 21.9. The van der Waals surface area contributed by atoms with Crippen molar-refractivity contribution in [2.45, 2.75) is 12.5 Å². The van der Waals surface area contributed by atoms with Gasteiger partial charge in [0.05, 0.1) is 11.1 Å². The second kappa shape index (κ2) is 14.6. The van der Waals surface area contributed by atoms with Crippen LogP contribution in [-0.2, 0) is 0 Å². The van der Waals surface area contributed by atoms with Crippen molar-refractivity contribution in [2.24, 2.45) is 0 Å². The van der Waals surface area contributed by atoms with E-state index in [2.05, 4.69) is 211 Å². The molecule has 0 bridgehead atoms. The van der Waals surface area contributed by atoms with Gasteiger partial charge in [0.1, 0.15) is 34.0 Å². The van der Waals surface area contributed by atoms with Crippen LogP contribution in [0.2, 0.25) is 0 Å². The van der Waals surface area contributed by atoms with Crippen molar-refractivity contribution in [3.8, 4) is 50.3 Å². The van der Waals surface area contributed by atoms with Crippen LogP contribution in [0.25, 0.3) is 89.1 Å². The van der Waals surface area contributed by atoms with Crippen LogP contribution in [-0.4, -0.2) is 6.10 Å². The minimum Gasteiger partial charge on any atom is -0.485 e. The van der Waals surface area contributed by atoms with Gasteiger partial charge < -0.3 is 18.5 Å². The maximum absolute atomic E-state index is 6.85. The Morgan fingerprint density at radius 2 is 0.969 bits per heavy atom. The molecule has 4 nitrogen and oxygen atoms in total. The van der Waals surface area contributed by atoms with Crippen LogP contribution in [0.5, 0.6) is 5.75 Å². The van der Waals surface area contributed by atoms with Gasteiger partial charge in [-0.1, -0.05) is 164 Å². The first kappa shape index (κ1) is 36.3. The molecule has 0 N–H and O–H groups in total. The monoisotopic (exact) mass is 821 g/mol. The Morgan fingerprint density at radius 3 is 1.69 bits per heavy atom. The number of rotatable bonds is 7. The largest absolute Gasteiger partial charge is 0.485 e. The molecular formula is C60H39NO3. The van der Waals surface area contributed by atoms with E-state index in [4.69, 9.17) is 13.6 Å². The summed E-state index contributed by atoms with van der Waals surface area (Å²) in [4.78, 5) is 2.37.